The largest absolute Gasteiger partial charge is 0.354 e. The van der Waals surface area contributed by atoms with Gasteiger partial charge in [-0.2, -0.15) is 0 Å². The summed E-state index contributed by atoms with van der Waals surface area (Å²) in [5, 5.41) is 9.40. The molecule has 0 atom stereocenters. The van der Waals surface area contributed by atoms with Crippen LogP contribution in [-0.2, 0) is 4.79 Å². The Kier molecular flexibility index (Phi) is 7.48. The van der Waals surface area contributed by atoms with Crippen molar-refractivity contribution in [2.45, 2.75) is 57.0 Å². The van der Waals surface area contributed by atoms with Gasteiger partial charge in [-0.3, -0.25) is 9.79 Å². The summed E-state index contributed by atoms with van der Waals surface area (Å²) in [5.41, 5.74) is 0. The molecule has 2 saturated carbocycles. The van der Waals surface area contributed by atoms with Crippen LogP contribution in [-0.4, -0.2) is 37.5 Å². The lowest BCUT2D eigenvalue weighted by atomic mass is 9.95. The minimum absolute atomic E-state index is 0. The van der Waals surface area contributed by atoms with Gasteiger partial charge in [-0.1, -0.05) is 19.3 Å². The monoisotopic (exact) mass is 380 g/mol. The van der Waals surface area contributed by atoms with Gasteiger partial charge in [-0.25, -0.2) is 0 Å². The van der Waals surface area contributed by atoms with E-state index in [0.29, 0.717) is 18.6 Å². The molecule has 0 spiro atoms. The van der Waals surface area contributed by atoms with Crippen molar-refractivity contribution in [1.29, 1.82) is 0 Å². The second kappa shape index (κ2) is 8.60. The van der Waals surface area contributed by atoms with E-state index in [9.17, 15) is 4.79 Å². The standard InChI is InChI=1S/C13H24N4O.HI/c1-14-13(17-11-7-8-11)15-9-12(18)16-10-5-3-2-4-6-10;/h10-11H,2-9H2,1H3,(H,16,18)(H2,14,15,17);1H. The van der Waals surface area contributed by atoms with Crippen LogP contribution in [0.15, 0.2) is 4.99 Å². The lowest BCUT2D eigenvalue weighted by Crippen LogP contribution is -2.46. The first-order chi connectivity index (χ1) is 8.78. The van der Waals surface area contributed by atoms with Gasteiger partial charge in [0.05, 0.1) is 6.54 Å². The van der Waals surface area contributed by atoms with Crippen LogP contribution in [0.1, 0.15) is 44.9 Å². The second-order valence-electron chi connectivity index (χ2n) is 5.25. The van der Waals surface area contributed by atoms with Crippen molar-refractivity contribution >= 4 is 35.8 Å². The molecule has 0 radical (unpaired) electrons. The Morgan fingerprint density at radius 1 is 1.05 bits per heavy atom. The van der Waals surface area contributed by atoms with Crippen molar-refractivity contribution < 1.29 is 4.79 Å². The Bertz CT molecular complexity index is 312. The summed E-state index contributed by atoms with van der Waals surface area (Å²) in [4.78, 5) is 15.9. The number of halogens is 1. The van der Waals surface area contributed by atoms with Crippen LogP contribution >= 0.6 is 24.0 Å². The van der Waals surface area contributed by atoms with Crippen molar-refractivity contribution in [1.82, 2.24) is 16.0 Å². The molecule has 110 valence electrons. The Morgan fingerprint density at radius 3 is 2.26 bits per heavy atom. The number of rotatable bonds is 4. The summed E-state index contributed by atoms with van der Waals surface area (Å²) < 4.78 is 0. The summed E-state index contributed by atoms with van der Waals surface area (Å²) >= 11 is 0. The fraction of sp³-hybridized carbons (Fsp3) is 0.846. The van der Waals surface area contributed by atoms with Gasteiger partial charge in [0.2, 0.25) is 5.91 Å². The maximum atomic E-state index is 11.8. The second-order valence-corrected chi connectivity index (χ2v) is 5.25. The minimum Gasteiger partial charge on any atom is -0.354 e. The highest BCUT2D eigenvalue weighted by Crippen LogP contribution is 2.18. The highest BCUT2D eigenvalue weighted by atomic mass is 127. The van der Waals surface area contributed by atoms with Crippen LogP contribution in [0.5, 0.6) is 0 Å². The first-order valence-electron chi connectivity index (χ1n) is 7.04. The van der Waals surface area contributed by atoms with Crippen LogP contribution in [0, 0.1) is 0 Å². The molecular formula is C13H25IN4O. The highest BCUT2D eigenvalue weighted by molar-refractivity contribution is 14.0. The summed E-state index contributed by atoms with van der Waals surface area (Å²) in [6.45, 7) is 0.308. The van der Waals surface area contributed by atoms with E-state index in [4.69, 9.17) is 0 Å². The predicted molar refractivity (Wildman–Crippen MR) is 88.0 cm³/mol. The molecule has 2 aliphatic rings. The number of guanidine groups is 1. The summed E-state index contributed by atoms with van der Waals surface area (Å²) in [5.74, 6) is 0.803. The molecule has 0 aromatic rings. The summed E-state index contributed by atoms with van der Waals surface area (Å²) in [6.07, 6.45) is 8.45. The number of amides is 1. The normalized spacial score (nSPS) is 20.4. The van der Waals surface area contributed by atoms with Crippen molar-refractivity contribution in [3.8, 4) is 0 Å². The zero-order valence-electron chi connectivity index (χ0n) is 11.6. The maximum Gasteiger partial charge on any atom is 0.239 e. The van der Waals surface area contributed by atoms with Crippen molar-refractivity contribution in [3.05, 3.63) is 0 Å². The van der Waals surface area contributed by atoms with Crippen LogP contribution in [0.25, 0.3) is 0 Å². The predicted octanol–water partition coefficient (Wildman–Crippen LogP) is 1.38. The number of hydrogen-bond donors (Lipinski definition) is 3. The molecule has 2 aliphatic carbocycles. The average molecular weight is 380 g/mol. The number of carbonyl (C=O) groups is 1. The molecule has 0 bridgehead atoms. The smallest absolute Gasteiger partial charge is 0.239 e. The maximum absolute atomic E-state index is 11.8. The van der Waals surface area contributed by atoms with Crippen LogP contribution in [0.4, 0.5) is 0 Å². The third-order valence-corrected chi connectivity index (χ3v) is 3.53. The number of hydrogen-bond acceptors (Lipinski definition) is 2. The molecular weight excluding hydrogens is 355 g/mol. The molecule has 0 aromatic heterocycles. The van der Waals surface area contributed by atoms with E-state index in [1.165, 1.54) is 32.1 Å². The number of nitrogens with zero attached hydrogens (tertiary/aromatic N) is 1. The first-order valence-corrected chi connectivity index (χ1v) is 7.04. The van der Waals surface area contributed by atoms with Crippen LogP contribution in [0.3, 0.4) is 0 Å². The molecule has 0 saturated heterocycles. The van der Waals surface area contributed by atoms with Gasteiger partial charge in [-0.15, -0.1) is 24.0 Å². The Balaban J connectivity index is 0.00000180. The van der Waals surface area contributed by atoms with E-state index in [-0.39, 0.29) is 29.9 Å². The lowest BCUT2D eigenvalue weighted by molar-refractivity contribution is -0.120. The Hall–Kier alpha value is -0.530. The van der Waals surface area contributed by atoms with Gasteiger partial charge < -0.3 is 16.0 Å². The molecule has 19 heavy (non-hydrogen) atoms. The van der Waals surface area contributed by atoms with Gasteiger partial charge in [0.15, 0.2) is 5.96 Å². The van der Waals surface area contributed by atoms with Crippen molar-refractivity contribution in [2.24, 2.45) is 4.99 Å². The Labute approximate surface area is 132 Å². The van der Waals surface area contributed by atoms with Gasteiger partial charge in [0, 0.05) is 19.1 Å². The molecule has 2 rings (SSSR count). The Morgan fingerprint density at radius 2 is 1.68 bits per heavy atom. The molecule has 1 amide bonds. The summed E-state index contributed by atoms with van der Waals surface area (Å²) in [7, 11) is 1.73. The van der Waals surface area contributed by atoms with E-state index in [1.807, 2.05) is 0 Å². The third kappa shape index (κ3) is 6.44. The molecule has 0 aliphatic heterocycles. The third-order valence-electron chi connectivity index (χ3n) is 3.53. The van der Waals surface area contributed by atoms with Crippen molar-refractivity contribution in [2.75, 3.05) is 13.6 Å². The zero-order chi connectivity index (χ0) is 12.8. The topological polar surface area (TPSA) is 65.5 Å². The fourth-order valence-electron chi connectivity index (χ4n) is 2.31. The summed E-state index contributed by atoms with van der Waals surface area (Å²) in [6, 6.07) is 0.934. The van der Waals surface area contributed by atoms with Gasteiger partial charge in [0.25, 0.3) is 0 Å². The van der Waals surface area contributed by atoms with Crippen LogP contribution in [0.2, 0.25) is 0 Å². The molecule has 5 nitrogen and oxygen atoms in total. The van der Waals surface area contributed by atoms with E-state index in [0.717, 1.165) is 18.8 Å². The van der Waals surface area contributed by atoms with Gasteiger partial charge >= 0.3 is 0 Å². The number of carbonyl (C=O) groups excluding carboxylic acids is 1. The molecule has 0 aromatic carbocycles. The number of nitrogens with one attached hydrogen (secondary N) is 3. The van der Waals surface area contributed by atoms with Crippen LogP contribution < -0.4 is 16.0 Å². The van der Waals surface area contributed by atoms with E-state index >= 15 is 0 Å². The van der Waals surface area contributed by atoms with Gasteiger partial charge in [-0.05, 0) is 25.7 Å². The molecule has 6 heteroatoms. The van der Waals surface area contributed by atoms with E-state index in [2.05, 4.69) is 20.9 Å². The SMILES string of the molecule is CN=C(NCC(=O)NC1CCCCC1)NC1CC1.I. The van der Waals surface area contributed by atoms with Crippen molar-refractivity contribution in [3.63, 3.8) is 0 Å². The van der Waals surface area contributed by atoms with E-state index < -0.39 is 0 Å². The average Bonchev–Trinajstić information content (AvgIpc) is 3.19. The first kappa shape index (κ1) is 16.5. The molecule has 0 unspecified atom stereocenters. The highest BCUT2D eigenvalue weighted by Gasteiger charge is 2.22. The zero-order valence-corrected chi connectivity index (χ0v) is 13.9. The fourth-order valence-corrected chi connectivity index (χ4v) is 2.31. The number of aliphatic imine (C=N–C) groups is 1. The molecule has 2 fully saturated rings. The van der Waals surface area contributed by atoms with Gasteiger partial charge in [0.1, 0.15) is 0 Å². The minimum atomic E-state index is 0. The lowest BCUT2D eigenvalue weighted by Gasteiger charge is -2.23. The quantitative estimate of drug-likeness (QED) is 0.392. The molecule has 0 heterocycles. The molecule has 3 N–H and O–H groups in total. The van der Waals surface area contributed by atoms with E-state index in [1.54, 1.807) is 7.05 Å².